The van der Waals surface area contributed by atoms with E-state index in [1.165, 1.54) is 0 Å². The molecule has 0 saturated carbocycles. The van der Waals surface area contributed by atoms with Crippen LogP contribution in [0.2, 0.25) is 0 Å². The first-order chi connectivity index (χ1) is 8.35. The molecule has 106 valence electrons. The largest absolute Gasteiger partial charge is 0.481 e. The van der Waals surface area contributed by atoms with Crippen LogP contribution in [0.25, 0.3) is 0 Å². The molecule has 0 rings (SSSR count). The number of carboxylic acid groups (broad SMARTS) is 1. The van der Waals surface area contributed by atoms with Gasteiger partial charge in [0.25, 0.3) is 0 Å². The van der Waals surface area contributed by atoms with E-state index in [0.29, 0.717) is 13.0 Å². The second-order valence-corrected chi connectivity index (χ2v) is 5.50. The third kappa shape index (κ3) is 6.03. The van der Waals surface area contributed by atoms with E-state index in [-0.39, 0.29) is 11.8 Å². The van der Waals surface area contributed by atoms with Gasteiger partial charge in [-0.05, 0) is 33.1 Å². The topological polar surface area (TPSA) is 66.4 Å². The van der Waals surface area contributed by atoms with Crippen LogP contribution in [0, 0.1) is 11.3 Å². The Balaban J connectivity index is 4.11. The van der Waals surface area contributed by atoms with Crippen molar-refractivity contribution >= 4 is 11.9 Å². The SMILES string of the molecule is CCCC(CCC)C(=O)NCCC(C)(C)C(=O)O. The van der Waals surface area contributed by atoms with Gasteiger partial charge in [-0.25, -0.2) is 0 Å². The summed E-state index contributed by atoms with van der Waals surface area (Å²) in [4.78, 5) is 22.8. The third-order valence-corrected chi connectivity index (χ3v) is 3.27. The lowest BCUT2D eigenvalue weighted by molar-refractivity contribution is -0.147. The zero-order valence-corrected chi connectivity index (χ0v) is 12.1. The molecular formula is C14H27NO3. The molecule has 0 radical (unpaired) electrons. The van der Waals surface area contributed by atoms with Gasteiger partial charge in [-0.1, -0.05) is 26.7 Å². The molecule has 0 heterocycles. The summed E-state index contributed by atoms with van der Waals surface area (Å²) in [6, 6.07) is 0. The van der Waals surface area contributed by atoms with Crippen LogP contribution in [0.3, 0.4) is 0 Å². The number of hydrogen-bond donors (Lipinski definition) is 2. The van der Waals surface area contributed by atoms with Gasteiger partial charge in [-0.2, -0.15) is 0 Å². The van der Waals surface area contributed by atoms with Gasteiger partial charge >= 0.3 is 5.97 Å². The first-order valence-electron chi connectivity index (χ1n) is 6.86. The predicted octanol–water partition coefficient (Wildman–Crippen LogP) is 2.82. The zero-order valence-electron chi connectivity index (χ0n) is 12.1. The third-order valence-electron chi connectivity index (χ3n) is 3.27. The van der Waals surface area contributed by atoms with Crippen LogP contribution in [0.4, 0.5) is 0 Å². The van der Waals surface area contributed by atoms with Crippen molar-refractivity contribution in [1.29, 1.82) is 0 Å². The number of carbonyl (C=O) groups excluding carboxylic acids is 1. The van der Waals surface area contributed by atoms with Crippen molar-refractivity contribution in [2.24, 2.45) is 11.3 Å². The Morgan fingerprint density at radius 3 is 2.06 bits per heavy atom. The highest BCUT2D eigenvalue weighted by Gasteiger charge is 2.27. The Bertz CT molecular complexity index is 268. The summed E-state index contributed by atoms with van der Waals surface area (Å²) in [6.45, 7) is 7.93. The standard InChI is InChI=1S/C14H27NO3/c1-5-7-11(8-6-2)12(16)15-10-9-14(3,4)13(17)18/h11H,5-10H2,1-4H3,(H,15,16)(H,17,18). The lowest BCUT2D eigenvalue weighted by Crippen LogP contribution is -2.35. The number of rotatable bonds is 9. The average Bonchev–Trinajstić information content (AvgIpc) is 2.28. The van der Waals surface area contributed by atoms with E-state index >= 15 is 0 Å². The number of hydrogen-bond acceptors (Lipinski definition) is 2. The van der Waals surface area contributed by atoms with Gasteiger partial charge in [0.2, 0.25) is 5.91 Å². The van der Waals surface area contributed by atoms with E-state index in [9.17, 15) is 9.59 Å². The second kappa shape index (κ2) is 8.11. The van der Waals surface area contributed by atoms with E-state index in [2.05, 4.69) is 19.2 Å². The van der Waals surface area contributed by atoms with Gasteiger partial charge in [-0.15, -0.1) is 0 Å². The number of amides is 1. The maximum Gasteiger partial charge on any atom is 0.309 e. The number of nitrogens with one attached hydrogen (secondary N) is 1. The van der Waals surface area contributed by atoms with Gasteiger partial charge in [0, 0.05) is 12.5 Å². The van der Waals surface area contributed by atoms with Crippen molar-refractivity contribution in [1.82, 2.24) is 5.32 Å². The molecule has 0 aliphatic rings. The molecule has 0 aromatic heterocycles. The van der Waals surface area contributed by atoms with Crippen molar-refractivity contribution < 1.29 is 14.7 Å². The van der Waals surface area contributed by atoms with Crippen LogP contribution < -0.4 is 5.32 Å². The number of aliphatic carboxylic acids is 1. The molecule has 2 N–H and O–H groups in total. The van der Waals surface area contributed by atoms with Gasteiger partial charge in [-0.3, -0.25) is 9.59 Å². The molecule has 0 unspecified atom stereocenters. The first kappa shape index (κ1) is 16.9. The second-order valence-electron chi connectivity index (χ2n) is 5.50. The molecule has 4 nitrogen and oxygen atoms in total. The summed E-state index contributed by atoms with van der Waals surface area (Å²) in [6.07, 6.45) is 4.26. The lowest BCUT2D eigenvalue weighted by Gasteiger charge is -2.20. The van der Waals surface area contributed by atoms with Crippen LogP contribution >= 0.6 is 0 Å². The highest BCUT2D eigenvalue weighted by molar-refractivity contribution is 5.78. The minimum Gasteiger partial charge on any atom is -0.481 e. The monoisotopic (exact) mass is 257 g/mol. The van der Waals surface area contributed by atoms with Crippen LogP contribution in [0.5, 0.6) is 0 Å². The summed E-state index contributed by atoms with van der Waals surface area (Å²) < 4.78 is 0. The summed E-state index contributed by atoms with van der Waals surface area (Å²) in [5.41, 5.74) is -0.779. The fourth-order valence-electron chi connectivity index (χ4n) is 1.85. The van der Waals surface area contributed by atoms with Crippen LogP contribution in [0.1, 0.15) is 59.8 Å². The Morgan fingerprint density at radius 1 is 1.17 bits per heavy atom. The van der Waals surface area contributed by atoms with Gasteiger partial charge in [0.15, 0.2) is 0 Å². The van der Waals surface area contributed by atoms with E-state index in [0.717, 1.165) is 25.7 Å². The van der Waals surface area contributed by atoms with Crippen molar-refractivity contribution in [3.8, 4) is 0 Å². The summed E-state index contributed by atoms with van der Waals surface area (Å²) in [5, 5.41) is 11.8. The fourth-order valence-corrected chi connectivity index (χ4v) is 1.85. The molecular weight excluding hydrogens is 230 g/mol. The number of carbonyl (C=O) groups is 2. The molecule has 4 heteroatoms. The Labute approximate surface area is 110 Å². The molecule has 0 atom stereocenters. The van der Waals surface area contributed by atoms with Crippen molar-refractivity contribution in [3.05, 3.63) is 0 Å². The fraction of sp³-hybridized carbons (Fsp3) is 0.857. The molecule has 0 aliphatic carbocycles. The average molecular weight is 257 g/mol. The lowest BCUT2D eigenvalue weighted by atomic mass is 9.89. The van der Waals surface area contributed by atoms with E-state index in [1.807, 2.05) is 0 Å². The maximum atomic E-state index is 11.9. The van der Waals surface area contributed by atoms with Crippen molar-refractivity contribution in [2.75, 3.05) is 6.54 Å². The van der Waals surface area contributed by atoms with E-state index < -0.39 is 11.4 Å². The highest BCUT2D eigenvalue weighted by atomic mass is 16.4. The Kier molecular flexibility index (Phi) is 7.64. The smallest absolute Gasteiger partial charge is 0.309 e. The van der Waals surface area contributed by atoms with Crippen LogP contribution in [-0.2, 0) is 9.59 Å². The molecule has 0 aromatic carbocycles. The molecule has 18 heavy (non-hydrogen) atoms. The highest BCUT2D eigenvalue weighted by Crippen LogP contribution is 2.20. The van der Waals surface area contributed by atoms with Crippen molar-refractivity contribution in [3.63, 3.8) is 0 Å². The normalized spacial score (nSPS) is 11.6. The molecule has 0 spiro atoms. The van der Waals surface area contributed by atoms with Gasteiger partial charge in [0.1, 0.15) is 0 Å². The molecule has 0 fully saturated rings. The minimum atomic E-state index is -0.824. The molecule has 0 aromatic rings. The summed E-state index contributed by atoms with van der Waals surface area (Å²) >= 11 is 0. The van der Waals surface area contributed by atoms with Crippen LogP contribution in [-0.4, -0.2) is 23.5 Å². The zero-order chi connectivity index (χ0) is 14.2. The Hall–Kier alpha value is -1.06. The quantitative estimate of drug-likeness (QED) is 0.667. The Morgan fingerprint density at radius 2 is 1.67 bits per heavy atom. The number of carboxylic acids is 1. The molecule has 1 amide bonds. The van der Waals surface area contributed by atoms with Gasteiger partial charge in [0.05, 0.1) is 5.41 Å². The first-order valence-corrected chi connectivity index (χ1v) is 6.86. The van der Waals surface area contributed by atoms with E-state index in [1.54, 1.807) is 13.8 Å². The maximum absolute atomic E-state index is 11.9. The predicted molar refractivity (Wildman–Crippen MR) is 72.3 cm³/mol. The molecule has 0 saturated heterocycles. The molecule has 0 bridgehead atoms. The van der Waals surface area contributed by atoms with Crippen molar-refractivity contribution in [2.45, 2.75) is 59.8 Å². The van der Waals surface area contributed by atoms with Crippen LogP contribution in [0.15, 0.2) is 0 Å². The summed E-state index contributed by atoms with van der Waals surface area (Å²) in [7, 11) is 0. The minimum absolute atomic E-state index is 0.0693. The summed E-state index contributed by atoms with van der Waals surface area (Å²) in [5.74, 6) is -0.678. The van der Waals surface area contributed by atoms with E-state index in [4.69, 9.17) is 5.11 Å². The van der Waals surface area contributed by atoms with Gasteiger partial charge < -0.3 is 10.4 Å². The molecule has 0 aliphatic heterocycles.